The van der Waals surface area contributed by atoms with Crippen LogP contribution in [-0.2, 0) is 105 Å². The van der Waals surface area contributed by atoms with Crippen LogP contribution in [0.3, 0.4) is 0 Å². The molecule has 13 N–H and O–H groups in total. The van der Waals surface area contributed by atoms with E-state index in [9.17, 15) is 67.7 Å². The van der Waals surface area contributed by atoms with Crippen molar-refractivity contribution in [3.63, 3.8) is 0 Å². The number of allylic oxidation sites excluding steroid dienone is 6. The molecule has 4 saturated heterocycles. The number of anilines is 4. The summed E-state index contributed by atoms with van der Waals surface area (Å²) in [5.41, 5.74) is 11.7. The van der Waals surface area contributed by atoms with Crippen molar-refractivity contribution in [2.75, 3.05) is 100 Å². The van der Waals surface area contributed by atoms with Crippen LogP contribution in [0.25, 0.3) is 11.2 Å². The van der Waals surface area contributed by atoms with Crippen molar-refractivity contribution in [2.24, 2.45) is 11.8 Å². The number of hydrogen-bond donors (Lipinski definition) is 12. The van der Waals surface area contributed by atoms with E-state index in [0.29, 0.717) is 35.3 Å². The number of ether oxygens (including phenoxy) is 10. The molecule has 11 amide bonds. The number of rotatable bonds is 33. The van der Waals surface area contributed by atoms with E-state index in [1.165, 1.54) is 147 Å². The third kappa shape index (κ3) is 27.5. The summed E-state index contributed by atoms with van der Waals surface area (Å²) >= 11 is 13.8. The molecular formula is C93H119Cl2N17O26S4. The molecule has 6 aliphatic rings. The number of carbonyl (C=O) groups is 13. The number of H-pyrrole nitrogens is 1. The Bertz CT molecular complexity index is 5770. The molecule has 0 aliphatic carbocycles. The number of hydrazine groups is 2. The minimum atomic E-state index is -1.95. The van der Waals surface area contributed by atoms with Crippen LogP contribution in [0.2, 0.25) is 10.0 Å². The minimum Gasteiger partial charge on any atom is -0.495 e. The van der Waals surface area contributed by atoms with Gasteiger partial charge in [0.25, 0.3) is 23.6 Å². The van der Waals surface area contributed by atoms with Gasteiger partial charge >= 0.3 is 29.7 Å². The van der Waals surface area contributed by atoms with Crippen molar-refractivity contribution in [3.8, 4) is 11.5 Å². The van der Waals surface area contributed by atoms with Gasteiger partial charge in [-0.25, -0.2) is 29.1 Å². The van der Waals surface area contributed by atoms with Crippen LogP contribution in [0.1, 0.15) is 134 Å². The number of nitrogens with one attached hydrogen (secondary N) is 9. The number of fused-ring (bicyclic) bond motifs is 11. The fraction of sp³-hybridized carbons (Fsp3) is 0.516. The van der Waals surface area contributed by atoms with Gasteiger partial charge in [0, 0.05) is 133 Å². The average Bonchev–Trinajstić information content (AvgIpc) is 1.56. The predicted octanol–water partition coefficient (Wildman–Crippen LogP) is 6.68. The lowest BCUT2D eigenvalue weighted by molar-refractivity contribution is -0.165. The van der Waals surface area contributed by atoms with Crippen molar-refractivity contribution in [2.45, 2.75) is 216 Å². The van der Waals surface area contributed by atoms with Gasteiger partial charge in [-0.2, -0.15) is 4.98 Å². The van der Waals surface area contributed by atoms with E-state index in [1.54, 1.807) is 101 Å². The first-order valence-electron chi connectivity index (χ1n) is 45.3. The summed E-state index contributed by atoms with van der Waals surface area (Å²) in [4.78, 5) is 212. The number of esters is 2. The van der Waals surface area contributed by atoms with Crippen molar-refractivity contribution in [1.82, 2.24) is 67.4 Å². The lowest BCUT2D eigenvalue weighted by Crippen LogP contribution is -2.63. The van der Waals surface area contributed by atoms with Gasteiger partial charge in [-0.05, 0) is 120 Å². The molecule has 49 heteroatoms. The highest BCUT2D eigenvalue weighted by atomic mass is 35.5. The second kappa shape index (κ2) is 48.7. The maximum Gasteiger partial charge on any atom is 0.409 e. The van der Waals surface area contributed by atoms with E-state index in [-0.39, 0.29) is 130 Å². The van der Waals surface area contributed by atoms with Gasteiger partial charge in [-0.15, -0.1) is 0 Å². The lowest BCUT2D eigenvalue weighted by Gasteiger charge is -2.42. The molecule has 0 spiro atoms. The SMILES string of the molecule is COc1cc2cc(c1Cl)N(C)C(=O)[C@H](OC(=O)[C@H](C)N(C)C(=O)CCSSCCC(=O)NNC(=O)CC[C@H](NC(=O)c1ccc(NCc3cnc4[nH]c(N)nc(=O)c4n3)cc1)C(=O)NNC(=O)CCSSCCC(=O)N(C)[C@@H](C)C(=O)O[C@H]1C(=O)N(C)c3cc(cc(OC)c3Cl)C/C(C)=C/C=C/[C@@H](OC)[C@@]3(O)CC(OC(=O)N3)[C@@H](C)C3OC31C)C1(C)OC1[C@H](C)C1C[C@@](O)(NC(=O)O1)[C@H](OC)/C=C/C=C(\C)C2. The first-order chi connectivity index (χ1) is 67.3. The second-order valence-corrected chi connectivity index (χ2v) is 41.6. The first-order valence-corrected chi connectivity index (χ1v) is 51.0. The van der Waals surface area contributed by atoms with E-state index in [0.717, 1.165) is 16.0 Å². The Balaban J connectivity index is 0.647. The summed E-state index contributed by atoms with van der Waals surface area (Å²) in [6.45, 7) is 13.2. The summed E-state index contributed by atoms with van der Waals surface area (Å²) in [6.07, 6.45) is -0.489. The quantitative estimate of drug-likeness (QED) is 0.00520. The molecular weight excluding hydrogens is 1970 g/mol. The number of epoxide rings is 2. The minimum absolute atomic E-state index is 0.0328. The summed E-state index contributed by atoms with van der Waals surface area (Å²) in [7, 11) is 16.2. The Kier molecular flexibility index (Phi) is 38.0. The highest BCUT2D eigenvalue weighted by Gasteiger charge is 2.69. The highest BCUT2D eigenvalue weighted by Crippen LogP contribution is 2.52. The van der Waals surface area contributed by atoms with Crippen LogP contribution in [0.15, 0.2) is 107 Å². The molecule has 6 aliphatic heterocycles. The largest absolute Gasteiger partial charge is 0.495 e. The van der Waals surface area contributed by atoms with E-state index in [2.05, 4.69) is 62.9 Å². The number of aliphatic hydroxyl groups is 2. The van der Waals surface area contributed by atoms with E-state index >= 15 is 9.59 Å². The molecule has 0 radical (unpaired) electrons. The maximum absolute atomic E-state index is 15.1. The van der Waals surface area contributed by atoms with Crippen LogP contribution in [0, 0.1) is 11.8 Å². The molecule has 0 saturated carbocycles. The zero-order valence-electron chi connectivity index (χ0n) is 81.1. The van der Waals surface area contributed by atoms with Crippen LogP contribution in [0.5, 0.6) is 11.5 Å². The Morgan fingerprint density at radius 1 is 0.620 bits per heavy atom. The molecule has 770 valence electrons. The molecule has 2 aromatic heterocycles. The normalized spacial score (nSPS) is 26.2. The number of amides is 11. The van der Waals surface area contributed by atoms with Crippen LogP contribution in [-0.4, -0.2) is 286 Å². The van der Waals surface area contributed by atoms with Crippen molar-refractivity contribution in [3.05, 3.63) is 145 Å². The number of carbonyl (C=O) groups excluding carboxylic acids is 13. The molecule has 8 bridgehead atoms. The van der Waals surface area contributed by atoms with Gasteiger partial charge in [-0.3, -0.25) is 80.3 Å². The number of nitrogens with zero attached hydrogens (tertiary/aromatic N) is 7. The van der Waals surface area contributed by atoms with E-state index in [4.69, 9.17) is 76.3 Å². The number of nitrogen functional groups attached to an aromatic ring is 1. The molecule has 43 nitrogen and oxygen atoms in total. The van der Waals surface area contributed by atoms with E-state index in [1.807, 2.05) is 13.8 Å². The number of likely N-dealkylation sites (N-methyl/N-ethyl adjacent to an activating group) is 4. The van der Waals surface area contributed by atoms with Gasteiger partial charge in [0.1, 0.15) is 75.3 Å². The van der Waals surface area contributed by atoms with Gasteiger partial charge in [0.2, 0.25) is 47.7 Å². The molecule has 11 rings (SSSR count). The second-order valence-electron chi connectivity index (χ2n) is 35.5. The Morgan fingerprint density at radius 2 is 1.05 bits per heavy atom. The molecule has 8 heterocycles. The van der Waals surface area contributed by atoms with Crippen molar-refractivity contribution < 1.29 is 120 Å². The Morgan fingerprint density at radius 3 is 1.49 bits per heavy atom. The molecule has 5 aromatic rings. The third-order valence-corrected chi connectivity index (χ3v) is 30.8. The third-order valence-electron chi connectivity index (χ3n) is 25.3. The van der Waals surface area contributed by atoms with E-state index < -0.39 is 191 Å². The molecule has 3 aromatic carbocycles. The molecule has 6 unspecified atom stereocenters. The number of aromatic nitrogens is 4. The number of halogens is 2. The topological polar surface area (TPSA) is 568 Å². The average molecular weight is 2090 g/mol. The number of hydrogen-bond acceptors (Lipinski definition) is 35. The number of methoxy groups -OCH3 is 4. The fourth-order valence-electron chi connectivity index (χ4n) is 16.6. The highest BCUT2D eigenvalue weighted by molar-refractivity contribution is 8.77. The van der Waals surface area contributed by atoms with Crippen LogP contribution >= 0.6 is 66.4 Å². The molecule has 4 fully saturated rings. The number of benzene rings is 3. The smallest absolute Gasteiger partial charge is 0.409 e. The van der Waals surface area contributed by atoms with Gasteiger partial charge in [0.05, 0.1) is 56.2 Å². The number of aromatic amines is 1. The first kappa shape index (κ1) is 111. The zero-order chi connectivity index (χ0) is 104. The Hall–Kier alpha value is -11.5. The van der Waals surface area contributed by atoms with Gasteiger partial charge < -0.3 is 98.5 Å². The lowest BCUT2D eigenvalue weighted by atomic mass is 9.84. The van der Waals surface area contributed by atoms with Crippen LogP contribution in [0.4, 0.5) is 32.6 Å². The fourth-order valence-corrected chi connectivity index (χ4v) is 21.1. The standard InChI is InChI=1S/C93H119Cl2N17O26S4/c1-47-19-17-21-65(131-15)92(127)43-63(133-88(125)103-92)49(3)75-90(7,137-75)77(83(121)111(11)59-39-53(37-47)41-61(129-13)72(59)94)135-85(123)51(5)109(9)70(116)31-35-141-139-33-29-68(114)106-105-67(113)28-27-58(100-80(118)55-23-25-56(26-24-55)97-45-57-46-98-79-74(99-57)82(120)102-87(96)101-79)81(119)108-107-69(115)30-34-140-142-36-32-71(117)110(10)52(6)86(124)136-78-84(122)112(12)60-40-54(42-62(130-14)73(60)95)38-48(2)20-18-22-66(132-16)93(128)44-64(134-89(126)104-93)50(4)76-91(78,8)138-76/h17-26,39-42,46,49-52,58,63-66,75-78,97,127-128H,27-38,43-45H2,1-16H3,(H,100,118)(H,103,125)(H,104,126)(H,105,113)(H,106,114)(H,107,115)(H,108,119)(H3,96,98,101,102,120)/b21-17+,22-18+,47-19+,48-20+/t49-,50-,51+,52+,58+,63?,64?,65-,66-,75?,76?,77+,78+,90?,91?,92+,93+/m1/s1. The monoisotopic (exact) mass is 2090 g/mol. The number of nitrogens with two attached hydrogens (primary N) is 1. The van der Waals surface area contributed by atoms with Crippen LogP contribution < -0.4 is 73.5 Å². The summed E-state index contributed by atoms with van der Waals surface area (Å²) in [5.74, 6) is -8.49. The van der Waals surface area contributed by atoms with Gasteiger partial charge in [0.15, 0.2) is 22.6 Å². The molecule has 17 atom stereocenters. The van der Waals surface area contributed by atoms with Crippen molar-refractivity contribution in [1.29, 1.82) is 0 Å². The molecule has 142 heavy (non-hydrogen) atoms. The number of alkyl carbamates (subject to hydrolysis) is 2. The van der Waals surface area contributed by atoms with Gasteiger partial charge in [-0.1, -0.05) is 128 Å². The summed E-state index contributed by atoms with van der Waals surface area (Å²) in [5, 5.41) is 34.7. The van der Waals surface area contributed by atoms with Crippen molar-refractivity contribution >= 4 is 178 Å². The summed E-state index contributed by atoms with van der Waals surface area (Å²) in [6, 6.07) is 8.83. The Labute approximate surface area is 844 Å². The zero-order valence-corrected chi connectivity index (χ0v) is 85.8. The maximum atomic E-state index is 15.1. The summed E-state index contributed by atoms with van der Waals surface area (Å²) < 4.78 is 58.9. The predicted molar refractivity (Wildman–Crippen MR) is 530 cm³/mol.